The lowest BCUT2D eigenvalue weighted by Gasteiger charge is -2.27. The van der Waals surface area contributed by atoms with Crippen LogP contribution in [0.3, 0.4) is 0 Å². The molecule has 1 aliphatic rings. The molecule has 0 aromatic heterocycles. The van der Waals surface area contributed by atoms with Gasteiger partial charge in [0.1, 0.15) is 11.6 Å². The number of benzene rings is 1. The summed E-state index contributed by atoms with van der Waals surface area (Å²) in [6.07, 6.45) is 1.73. The van der Waals surface area contributed by atoms with Gasteiger partial charge in [-0.1, -0.05) is 6.92 Å². The van der Waals surface area contributed by atoms with Gasteiger partial charge in [0.25, 0.3) is 0 Å². The van der Waals surface area contributed by atoms with Gasteiger partial charge in [-0.25, -0.2) is 8.78 Å². The lowest BCUT2D eigenvalue weighted by Crippen LogP contribution is -2.18. The summed E-state index contributed by atoms with van der Waals surface area (Å²) in [5, 5.41) is 0. The van der Waals surface area contributed by atoms with Crippen LogP contribution in [0.1, 0.15) is 37.0 Å². The van der Waals surface area contributed by atoms with Gasteiger partial charge in [0.15, 0.2) is 0 Å². The molecule has 0 aliphatic carbocycles. The molecule has 1 aromatic rings. The minimum Gasteiger partial charge on any atom is -0.373 e. The van der Waals surface area contributed by atoms with Gasteiger partial charge in [-0.15, -0.1) is 0 Å². The van der Waals surface area contributed by atoms with E-state index in [0.717, 1.165) is 12.8 Å². The number of rotatable bonds is 1. The van der Waals surface area contributed by atoms with Crippen LogP contribution in [-0.4, -0.2) is 6.61 Å². The van der Waals surface area contributed by atoms with Crippen molar-refractivity contribution in [1.29, 1.82) is 0 Å². The van der Waals surface area contributed by atoms with Gasteiger partial charge >= 0.3 is 0 Å². The van der Waals surface area contributed by atoms with Gasteiger partial charge < -0.3 is 4.74 Å². The van der Waals surface area contributed by atoms with Crippen molar-refractivity contribution in [3.63, 3.8) is 0 Å². The summed E-state index contributed by atoms with van der Waals surface area (Å²) >= 11 is 0. The van der Waals surface area contributed by atoms with Crippen LogP contribution in [0.2, 0.25) is 0 Å². The standard InChI is InChI=1S/C13H16F2O/c1-8-3-4-13(16-7-8)10-5-11(14)9(2)12(15)6-10/h5-6,8,13H,3-4,7H2,1-2H3. The summed E-state index contributed by atoms with van der Waals surface area (Å²) < 4.78 is 32.3. The van der Waals surface area contributed by atoms with Crippen molar-refractivity contribution in [1.82, 2.24) is 0 Å². The van der Waals surface area contributed by atoms with Crippen molar-refractivity contribution in [3.05, 3.63) is 34.9 Å². The van der Waals surface area contributed by atoms with E-state index in [0.29, 0.717) is 18.1 Å². The van der Waals surface area contributed by atoms with E-state index in [9.17, 15) is 8.78 Å². The molecule has 16 heavy (non-hydrogen) atoms. The van der Waals surface area contributed by atoms with Gasteiger partial charge in [0.2, 0.25) is 0 Å². The van der Waals surface area contributed by atoms with Crippen LogP contribution in [0.5, 0.6) is 0 Å². The Balaban J connectivity index is 2.21. The average molecular weight is 226 g/mol. The van der Waals surface area contributed by atoms with Crippen LogP contribution < -0.4 is 0 Å². The topological polar surface area (TPSA) is 9.23 Å². The molecular formula is C13H16F2O. The minimum atomic E-state index is -0.489. The van der Waals surface area contributed by atoms with Crippen molar-refractivity contribution in [2.45, 2.75) is 32.8 Å². The fourth-order valence-corrected chi connectivity index (χ4v) is 2.00. The molecule has 0 saturated carbocycles. The van der Waals surface area contributed by atoms with Crippen molar-refractivity contribution in [3.8, 4) is 0 Å². The molecule has 1 aromatic carbocycles. The van der Waals surface area contributed by atoms with Gasteiger partial charge in [-0.05, 0) is 43.4 Å². The highest BCUT2D eigenvalue weighted by Crippen LogP contribution is 2.31. The van der Waals surface area contributed by atoms with E-state index >= 15 is 0 Å². The highest BCUT2D eigenvalue weighted by molar-refractivity contribution is 5.27. The Hall–Kier alpha value is -0.960. The maximum absolute atomic E-state index is 13.4. The molecule has 0 radical (unpaired) electrons. The first kappa shape index (κ1) is 11.5. The Morgan fingerprint density at radius 2 is 1.81 bits per heavy atom. The molecule has 3 heteroatoms. The minimum absolute atomic E-state index is 0.0768. The molecule has 2 unspecified atom stereocenters. The molecule has 0 amide bonds. The highest BCUT2D eigenvalue weighted by atomic mass is 19.1. The first-order chi connectivity index (χ1) is 7.58. The van der Waals surface area contributed by atoms with E-state index in [-0.39, 0.29) is 11.7 Å². The van der Waals surface area contributed by atoms with Crippen molar-refractivity contribution in [2.75, 3.05) is 6.61 Å². The van der Waals surface area contributed by atoms with E-state index < -0.39 is 11.6 Å². The smallest absolute Gasteiger partial charge is 0.129 e. The Kier molecular flexibility index (Phi) is 3.24. The molecule has 0 bridgehead atoms. The maximum atomic E-state index is 13.4. The number of halogens is 2. The van der Waals surface area contributed by atoms with E-state index in [1.165, 1.54) is 19.1 Å². The molecule has 2 rings (SSSR count). The Labute approximate surface area is 94.4 Å². The average Bonchev–Trinajstić information content (AvgIpc) is 2.26. The Morgan fingerprint density at radius 1 is 1.19 bits per heavy atom. The SMILES string of the molecule is Cc1c(F)cc(C2CCC(C)CO2)cc1F. The van der Waals surface area contributed by atoms with E-state index in [4.69, 9.17) is 4.74 Å². The second-order valence-corrected chi connectivity index (χ2v) is 4.61. The van der Waals surface area contributed by atoms with Gasteiger partial charge in [-0.2, -0.15) is 0 Å². The zero-order valence-corrected chi connectivity index (χ0v) is 9.59. The summed E-state index contributed by atoms with van der Waals surface area (Å²) in [7, 11) is 0. The summed E-state index contributed by atoms with van der Waals surface area (Å²) in [4.78, 5) is 0. The first-order valence-electron chi connectivity index (χ1n) is 5.65. The Morgan fingerprint density at radius 3 is 2.31 bits per heavy atom. The van der Waals surface area contributed by atoms with Gasteiger partial charge in [0.05, 0.1) is 6.10 Å². The van der Waals surface area contributed by atoms with Crippen molar-refractivity contribution < 1.29 is 13.5 Å². The molecule has 1 aliphatic heterocycles. The quantitative estimate of drug-likeness (QED) is 0.708. The first-order valence-corrected chi connectivity index (χ1v) is 5.65. The van der Waals surface area contributed by atoms with Gasteiger partial charge in [0, 0.05) is 12.2 Å². The largest absolute Gasteiger partial charge is 0.373 e. The lowest BCUT2D eigenvalue weighted by atomic mass is 9.95. The fourth-order valence-electron chi connectivity index (χ4n) is 2.00. The molecule has 1 saturated heterocycles. The molecule has 88 valence electrons. The maximum Gasteiger partial charge on any atom is 0.129 e. The third kappa shape index (κ3) is 2.24. The van der Waals surface area contributed by atoms with E-state index in [1.807, 2.05) is 0 Å². The predicted octanol–water partition coefficient (Wildman–Crippen LogP) is 3.76. The zero-order chi connectivity index (χ0) is 11.7. The second-order valence-electron chi connectivity index (χ2n) is 4.61. The summed E-state index contributed by atoms with van der Waals surface area (Å²) in [6, 6.07) is 2.78. The zero-order valence-electron chi connectivity index (χ0n) is 9.59. The predicted molar refractivity (Wildman–Crippen MR) is 58.2 cm³/mol. The molecule has 1 nitrogen and oxygen atoms in total. The van der Waals surface area contributed by atoms with E-state index in [1.54, 1.807) is 0 Å². The van der Waals surface area contributed by atoms with E-state index in [2.05, 4.69) is 6.92 Å². The molecule has 1 fully saturated rings. The fraction of sp³-hybridized carbons (Fsp3) is 0.538. The van der Waals surface area contributed by atoms with Crippen molar-refractivity contribution in [2.24, 2.45) is 5.92 Å². The summed E-state index contributed by atoms with van der Waals surface area (Å²) in [5.41, 5.74) is 0.695. The van der Waals surface area contributed by atoms with Crippen LogP contribution in [0.25, 0.3) is 0 Å². The molecule has 2 atom stereocenters. The Bertz CT molecular complexity index is 359. The summed E-state index contributed by atoms with van der Waals surface area (Å²) in [5.74, 6) is -0.439. The molecule has 0 N–H and O–H groups in total. The highest BCUT2D eigenvalue weighted by Gasteiger charge is 2.22. The third-order valence-corrected chi connectivity index (χ3v) is 3.18. The van der Waals surface area contributed by atoms with Crippen LogP contribution >= 0.6 is 0 Å². The number of hydrogen-bond acceptors (Lipinski definition) is 1. The number of hydrogen-bond donors (Lipinski definition) is 0. The lowest BCUT2D eigenvalue weighted by molar-refractivity contribution is -0.0126. The third-order valence-electron chi connectivity index (χ3n) is 3.18. The second kappa shape index (κ2) is 4.50. The summed E-state index contributed by atoms with van der Waals surface area (Å²) in [6.45, 7) is 4.23. The molecular weight excluding hydrogens is 210 g/mol. The van der Waals surface area contributed by atoms with Crippen LogP contribution in [0, 0.1) is 24.5 Å². The number of ether oxygens (including phenoxy) is 1. The van der Waals surface area contributed by atoms with Crippen LogP contribution in [0.4, 0.5) is 8.78 Å². The normalized spacial score (nSPS) is 25.8. The monoisotopic (exact) mass is 226 g/mol. The molecule has 1 heterocycles. The van der Waals surface area contributed by atoms with Crippen LogP contribution in [-0.2, 0) is 4.74 Å². The van der Waals surface area contributed by atoms with Crippen molar-refractivity contribution >= 4 is 0 Å². The molecule has 0 spiro atoms. The van der Waals surface area contributed by atoms with Crippen LogP contribution in [0.15, 0.2) is 12.1 Å². The van der Waals surface area contributed by atoms with Gasteiger partial charge in [-0.3, -0.25) is 0 Å².